The first-order chi connectivity index (χ1) is 16.5. The summed E-state index contributed by atoms with van der Waals surface area (Å²) in [5.41, 5.74) is 3.33. The van der Waals surface area contributed by atoms with Crippen LogP contribution in [0.25, 0.3) is 16.4 Å². The van der Waals surface area contributed by atoms with Crippen LogP contribution in [0.3, 0.4) is 0 Å². The molecule has 2 amide bonds. The molecular weight excluding hydrogens is 450 g/mol. The Hall–Kier alpha value is -3.98. The van der Waals surface area contributed by atoms with Crippen molar-refractivity contribution in [2.24, 2.45) is 5.92 Å². The van der Waals surface area contributed by atoms with Crippen LogP contribution in [0.15, 0.2) is 66.0 Å². The van der Waals surface area contributed by atoms with E-state index in [1.54, 1.807) is 22.8 Å². The molecule has 2 aromatic heterocycles. The van der Waals surface area contributed by atoms with E-state index in [-0.39, 0.29) is 18.2 Å². The average Bonchev–Trinajstić information content (AvgIpc) is 3.58. The molecule has 1 aliphatic rings. The van der Waals surface area contributed by atoms with Crippen molar-refractivity contribution < 1.29 is 14.3 Å². The molecule has 2 aromatic carbocycles. The van der Waals surface area contributed by atoms with Crippen molar-refractivity contribution in [3.05, 3.63) is 71.7 Å². The van der Waals surface area contributed by atoms with E-state index in [9.17, 15) is 9.59 Å². The van der Waals surface area contributed by atoms with Crippen molar-refractivity contribution in [1.82, 2.24) is 14.8 Å². The number of carbonyl (C=O) groups excluding carboxylic acids is 2. The minimum atomic E-state index is -0.442. The number of carbonyl (C=O) groups is 2. The molecule has 0 bridgehead atoms. The quantitative estimate of drug-likeness (QED) is 0.451. The van der Waals surface area contributed by atoms with Gasteiger partial charge in [-0.2, -0.15) is 9.78 Å². The van der Waals surface area contributed by atoms with Crippen LogP contribution in [0.1, 0.15) is 12.1 Å². The van der Waals surface area contributed by atoms with Gasteiger partial charge in [-0.1, -0.05) is 18.2 Å². The number of anilines is 2. The first-order valence-electron chi connectivity index (χ1n) is 10.8. The van der Waals surface area contributed by atoms with Crippen molar-refractivity contribution in [1.29, 1.82) is 0 Å². The van der Waals surface area contributed by atoms with Gasteiger partial charge < -0.3 is 15.0 Å². The van der Waals surface area contributed by atoms with Gasteiger partial charge in [-0.25, -0.2) is 4.98 Å². The molecule has 1 unspecified atom stereocenters. The Balaban J connectivity index is 1.33. The highest BCUT2D eigenvalue weighted by molar-refractivity contribution is 7.12. The Kier molecular flexibility index (Phi) is 5.85. The minimum absolute atomic E-state index is 0.0555. The van der Waals surface area contributed by atoms with Crippen molar-refractivity contribution in [2.75, 3.05) is 23.9 Å². The molecule has 1 saturated heterocycles. The molecule has 1 fully saturated rings. The summed E-state index contributed by atoms with van der Waals surface area (Å²) in [6.07, 6.45) is 0.173. The normalized spacial score (nSPS) is 15.5. The molecule has 1 N–H and O–H groups in total. The zero-order valence-electron chi connectivity index (χ0n) is 18.8. The van der Waals surface area contributed by atoms with Crippen LogP contribution in [0.2, 0.25) is 0 Å². The molecule has 1 atom stereocenters. The summed E-state index contributed by atoms with van der Waals surface area (Å²) >= 11 is 1.44. The maximum Gasteiger partial charge on any atom is 0.230 e. The second kappa shape index (κ2) is 9.11. The average molecular weight is 474 g/mol. The van der Waals surface area contributed by atoms with Crippen LogP contribution in [0.4, 0.5) is 11.5 Å². The number of thiazole rings is 1. The monoisotopic (exact) mass is 473 g/mol. The number of hydrogen-bond donors (Lipinski definition) is 1. The summed E-state index contributed by atoms with van der Waals surface area (Å²) in [4.78, 5) is 32.0. The van der Waals surface area contributed by atoms with E-state index >= 15 is 0 Å². The van der Waals surface area contributed by atoms with Crippen LogP contribution < -0.4 is 15.0 Å². The number of para-hydroxylation sites is 1. The van der Waals surface area contributed by atoms with Crippen molar-refractivity contribution in [2.45, 2.75) is 13.3 Å². The first-order valence-corrected chi connectivity index (χ1v) is 11.7. The van der Waals surface area contributed by atoms with Crippen LogP contribution in [-0.4, -0.2) is 40.2 Å². The van der Waals surface area contributed by atoms with E-state index in [4.69, 9.17) is 9.72 Å². The third-order valence-corrected chi connectivity index (χ3v) is 6.52. The lowest BCUT2D eigenvalue weighted by atomic mass is 10.1. The predicted octanol–water partition coefficient (Wildman–Crippen LogP) is 4.30. The molecule has 0 spiro atoms. The first kappa shape index (κ1) is 21.8. The van der Waals surface area contributed by atoms with E-state index in [2.05, 4.69) is 10.4 Å². The molecule has 4 aromatic rings. The fourth-order valence-corrected chi connectivity index (χ4v) is 4.76. The van der Waals surface area contributed by atoms with Crippen molar-refractivity contribution >= 4 is 34.7 Å². The van der Waals surface area contributed by atoms with E-state index in [1.165, 1.54) is 11.3 Å². The Labute approximate surface area is 200 Å². The fraction of sp³-hybridized carbons (Fsp3) is 0.200. The molecule has 8 nitrogen and oxygen atoms in total. The van der Waals surface area contributed by atoms with E-state index < -0.39 is 5.92 Å². The standard InChI is InChI=1S/C25H23N5O3S/c1-16-12-22(27-24(32)18-13-23(31)29(14-18)19-6-4-3-5-7-19)30(28-16)25-26-21(15-34-25)17-8-10-20(33-2)11-9-17/h3-12,15,18H,13-14H2,1-2H3,(H,27,32). The lowest BCUT2D eigenvalue weighted by molar-refractivity contribution is -0.122. The lowest BCUT2D eigenvalue weighted by Gasteiger charge is -2.16. The third kappa shape index (κ3) is 4.29. The Morgan fingerprint density at radius 1 is 1.15 bits per heavy atom. The highest BCUT2D eigenvalue weighted by atomic mass is 32.1. The summed E-state index contributed by atoms with van der Waals surface area (Å²) in [6.45, 7) is 2.21. The third-order valence-electron chi connectivity index (χ3n) is 5.71. The molecule has 0 aliphatic carbocycles. The molecule has 9 heteroatoms. The number of aromatic nitrogens is 3. The van der Waals surface area contributed by atoms with Gasteiger partial charge in [-0.3, -0.25) is 9.59 Å². The van der Waals surface area contributed by atoms with E-state index in [1.807, 2.05) is 66.9 Å². The van der Waals surface area contributed by atoms with E-state index in [0.29, 0.717) is 17.5 Å². The SMILES string of the molecule is COc1ccc(-c2csc(-n3nc(C)cc3NC(=O)C3CC(=O)N(c4ccccc4)C3)n2)cc1. The largest absolute Gasteiger partial charge is 0.497 e. The van der Waals surface area contributed by atoms with Crippen LogP contribution in [0.5, 0.6) is 5.75 Å². The van der Waals surface area contributed by atoms with Gasteiger partial charge in [0.2, 0.25) is 16.9 Å². The van der Waals surface area contributed by atoms with E-state index in [0.717, 1.165) is 28.4 Å². The number of nitrogens with one attached hydrogen (secondary N) is 1. The number of hydrogen-bond acceptors (Lipinski definition) is 6. The van der Waals surface area contributed by atoms with Crippen LogP contribution >= 0.6 is 11.3 Å². The van der Waals surface area contributed by atoms with Gasteiger partial charge in [0, 0.05) is 35.7 Å². The number of methoxy groups -OCH3 is 1. The summed E-state index contributed by atoms with van der Waals surface area (Å²) in [7, 11) is 1.63. The second-order valence-electron chi connectivity index (χ2n) is 8.06. The number of ether oxygens (including phenoxy) is 1. The molecule has 3 heterocycles. The van der Waals surface area contributed by atoms with Gasteiger partial charge in [0.25, 0.3) is 0 Å². The zero-order valence-corrected chi connectivity index (χ0v) is 19.6. The molecule has 34 heavy (non-hydrogen) atoms. The Morgan fingerprint density at radius 2 is 1.91 bits per heavy atom. The Bertz CT molecular complexity index is 1330. The number of benzene rings is 2. The van der Waals surface area contributed by atoms with Gasteiger partial charge in [0.1, 0.15) is 11.6 Å². The second-order valence-corrected chi connectivity index (χ2v) is 8.89. The van der Waals surface area contributed by atoms with Crippen molar-refractivity contribution in [3.8, 4) is 22.1 Å². The molecule has 0 saturated carbocycles. The molecule has 172 valence electrons. The molecule has 5 rings (SSSR count). The molecular formula is C25H23N5O3S. The summed E-state index contributed by atoms with van der Waals surface area (Å²) in [5.74, 6) is 0.606. The predicted molar refractivity (Wildman–Crippen MR) is 131 cm³/mol. The lowest BCUT2D eigenvalue weighted by Crippen LogP contribution is -2.28. The van der Waals surface area contributed by atoms with Gasteiger partial charge in [-0.05, 0) is 43.3 Å². The number of amides is 2. The zero-order chi connectivity index (χ0) is 23.7. The highest BCUT2D eigenvalue weighted by Crippen LogP contribution is 2.29. The Morgan fingerprint density at radius 3 is 2.65 bits per heavy atom. The van der Waals surface area contributed by atoms with Crippen molar-refractivity contribution in [3.63, 3.8) is 0 Å². The number of nitrogens with zero attached hydrogens (tertiary/aromatic N) is 4. The van der Waals surface area contributed by atoms with Gasteiger partial charge in [-0.15, -0.1) is 11.3 Å². The van der Waals surface area contributed by atoms with Gasteiger partial charge in [0.15, 0.2) is 0 Å². The summed E-state index contributed by atoms with van der Waals surface area (Å²) in [6, 6.07) is 18.9. The highest BCUT2D eigenvalue weighted by Gasteiger charge is 2.35. The maximum atomic E-state index is 13.1. The topological polar surface area (TPSA) is 89.3 Å². The smallest absolute Gasteiger partial charge is 0.230 e. The summed E-state index contributed by atoms with van der Waals surface area (Å²) in [5, 5.41) is 10.1. The maximum absolute atomic E-state index is 13.1. The van der Waals surface area contributed by atoms with Gasteiger partial charge in [0.05, 0.1) is 24.4 Å². The molecule has 0 radical (unpaired) electrons. The van der Waals surface area contributed by atoms with Crippen LogP contribution in [-0.2, 0) is 9.59 Å². The van der Waals surface area contributed by atoms with Gasteiger partial charge >= 0.3 is 0 Å². The molecule has 1 aliphatic heterocycles. The number of aryl methyl sites for hydroxylation is 1. The number of rotatable bonds is 6. The fourth-order valence-electron chi connectivity index (χ4n) is 3.96. The minimum Gasteiger partial charge on any atom is -0.497 e. The summed E-state index contributed by atoms with van der Waals surface area (Å²) < 4.78 is 6.85. The van der Waals surface area contributed by atoms with Crippen LogP contribution in [0, 0.1) is 12.8 Å².